The number of aromatic hydroxyl groups is 1. The van der Waals surface area contributed by atoms with E-state index in [1.807, 2.05) is 0 Å². The minimum Gasteiger partial charge on any atom is -0.504 e. The SMILES string of the molecule is CCOC(=O)c1ccc(NC(=O)C[C@@H]2SC(=NN=Cc3ccc(O)c(OC)c3)NC2=O)cc1. The molecule has 11 heteroatoms. The summed E-state index contributed by atoms with van der Waals surface area (Å²) in [5, 5.41) is 22.4. The number of benzene rings is 2. The summed E-state index contributed by atoms with van der Waals surface area (Å²) in [6.07, 6.45) is 1.38. The molecule has 0 radical (unpaired) electrons. The fraction of sp³-hybridized carbons (Fsp3) is 0.227. The van der Waals surface area contributed by atoms with Gasteiger partial charge in [-0.15, -0.1) is 5.10 Å². The van der Waals surface area contributed by atoms with Crippen LogP contribution in [0, 0.1) is 0 Å². The molecule has 1 fully saturated rings. The predicted octanol–water partition coefficient (Wildman–Crippen LogP) is 2.53. The summed E-state index contributed by atoms with van der Waals surface area (Å²) in [5.41, 5.74) is 1.53. The van der Waals surface area contributed by atoms with Crippen molar-refractivity contribution in [3.05, 3.63) is 53.6 Å². The number of nitrogens with zero attached hydrogens (tertiary/aromatic N) is 2. The summed E-state index contributed by atoms with van der Waals surface area (Å²) in [5.74, 6) is -0.818. The van der Waals surface area contributed by atoms with E-state index in [9.17, 15) is 19.5 Å². The van der Waals surface area contributed by atoms with Gasteiger partial charge in [0.2, 0.25) is 11.8 Å². The smallest absolute Gasteiger partial charge is 0.338 e. The third-order valence-corrected chi connectivity index (χ3v) is 5.46. The molecular formula is C22H22N4O6S. The van der Waals surface area contributed by atoms with Crippen LogP contribution in [0.2, 0.25) is 0 Å². The number of esters is 1. The lowest BCUT2D eigenvalue weighted by atomic mass is 10.2. The first-order chi connectivity index (χ1) is 15.9. The fourth-order valence-corrected chi connectivity index (χ4v) is 3.72. The number of amides is 2. The van der Waals surface area contributed by atoms with Crippen molar-refractivity contribution in [3.63, 3.8) is 0 Å². The Bertz CT molecular complexity index is 1100. The molecule has 0 aromatic heterocycles. The van der Waals surface area contributed by atoms with Gasteiger partial charge in [-0.3, -0.25) is 9.59 Å². The van der Waals surface area contributed by atoms with Gasteiger partial charge in [0, 0.05) is 12.1 Å². The average Bonchev–Trinajstić information content (AvgIpc) is 3.14. The Morgan fingerprint density at radius 2 is 2.00 bits per heavy atom. The van der Waals surface area contributed by atoms with Crippen LogP contribution in [0.5, 0.6) is 11.5 Å². The van der Waals surface area contributed by atoms with E-state index in [0.29, 0.717) is 22.6 Å². The molecule has 0 spiro atoms. The molecule has 0 unspecified atom stereocenters. The molecule has 1 aliphatic rings. The van der Waals surface area contributed by atoms with Crippen molar-refractivity contribution in [1.29, 1.82) is 0 Å². The Morgan fingerprint density at radius 3 is 2.70 bits per heavy atom. The zero-order chi connectivity index (χ0) is 23.8. The zero-order valence-electron chi connectivity index (χ0n) is 17.9. The van der Waals surface area contributed by atoms with Crippen LogP contribution in [-0.2, 0) is 14.3 Å². The Balaban J connectivity index is 1.53. The highest BCUT2D eigenvalue weighted by Gasteiger charge is 2.32. The van der Waals surface area contributed by atoms with Crippen LogP contribution in [0.1, 0.15) is 29.3 Å². The number of phenolic OH excluding ortho intramolecular Hbond substituents is 1. The van der Waals surface area contributed by atoms with Crippen LogP contribution >= 0.6 is 11.8 Å². The number of rotatable bonds is 8. The summed E-state index contributed by atoms with van der Waals surface area (Å²) >= 11 is 1.10. The van der Waals surface area contributed by atoms with Crippen molar-refractivity contribution in [1.82, 2.24) is 5.32 Å². The second-order valence-electron chi connectivity index (χ2n) is 6.73. The van der Waals surface area contributed by atoms with E-state index in [2.05, 4.69) is 20.8 Å². The van der Waals surface area contributed by atoms with Gasteiger partial charge in [-0.05, 0) is 55.0 Å². The highest BCUT2D eigenvalue weighted by molar-refractivity contribution is 8.15. The van der Waals surface area contributed by atoms with Crippen LogP contribution in [0.15, 0.2) is 52.7 Å². The topological polar surface area (TPSA) is 139 Å². The first kappa shape index (κ1) is 23.8. The molecular weight excluding hydrogens is 448 g/mol. The van der Waals surface area contributed by atoms with Gasteiger partial charge in [-0.1, -0.05) is 11.8 Å². The number of carbonyl (C=O) groups is 3. The fourth-order valence-electron chi connectivity index (χ4n) is 2.79. The van der Waals surface area contributed by atoms with Gasteiger partial charge < -0.3 is 25.2 Å². The van der Waals surface area contributed by atoms with Gasteiger partial charge in [-0.2, -0.15) is 5.10 Å². The second-order valence-corrected chi connectivity index (χ2v) is 7.92. The highest BCUT2D eigenvalue weighted by Crippen LogP contribution is 2.26. The van der Waals surface area contributed by atoms with Gasteiger partial charge in [0.05, 0.1) is 25.5 Å². The molecule has 2 aromatic rings. The molecule has 33 heavy (non-hydrogen) atoms. The minimum atomic E-state index is -0.647. The maximum atomic E-state index is 12.3. The lowest BCUT2D eigenvalue weighted by molar-refractivity contribution is -0.122. The zero-order valence-corrected chi connectivity index (χ0v) is 18.7. The molecule has 1 atom stereocenters. The van der Waals surface area contributed by atoms with Crippen molar-refractivity contribution >= 4 is 46.6 Å². The molecule has 3 rings (SSSR count). The lowest BCUT2D eigenvalue weighted by Gasteiger charge is -2.08. The van der Waals surface area contributed by atoms with Crippen LogP contribution < -0.4 is 15.4 Å². The first-order valence-corrected chi connectivity index (χ1v) is 10.8. The largest absolute Gasteiger partial charge is 0.504 e. The van der Waals surface area contributed by atoms with Crippen LogP contribution in [0.25, 0.3) is 0 Å². The lowest BCUT2D eigenvalue weighted by Crippen LogP contribution is -2.28. The molecule has 10 nitrogen and oxygen atoms in total. The number of thioether (sulfide) groups is 1. The van der Waals surface area contributed by atoms with E-state index >= 15 is 0 Å². The van der Waals surface area contributed by atoms with Gasteiger partial charge in [-0.25, -0.2) is 4.79 Å². The highest BCUT2D eigenvalue weighted by atomic mass is 32.2. The Labute approximate surface area is 194 Å². The summed E-state index contributed by atoms with van der Waals surface area (Å²) in [7, 11) is 1.44. The monoisotopic (exact) mass is 470 g/mol. The van der Waals surface area contributed by atoms with Crippen molar-refractivity contribution in [2.45, 2.75) is 18.6 Å². The number of hydrogen-bond acceptors (Lipinski definition) is 9. The molecule has 172 valence electrons. The molecule has 1 aliphatic heterocycles. The van der Waals surface area contributed by atoms with Gasteiger partial charge in [0.1, 0.15) is 5.25 Å². The predicted molar refractivity (Wildman–Crippen MR) is 125 cm³/mol. The van der Waals surface area contributed by atoms with E-state index in [4.69, 9.17) is 9.47 Å². The molecule has 1 heterocycles. The quantitative estimate of drug-likeness (QED) is 0.306. The van der Waals surface area contributed by atoms with Gasteiger partial charge in [0.25, 0.3) is 0 Å². The normalized spacial score (nSPS) is 16.6. The number of hydrogen-bond donors (Lipinski definition) is 3. The number of amidine groups is 1. The van der Waals surface area contributed by atoms with E-state index in [-0.39, 0.29) is 35.8 Å². The van der Waals surface area contributed by atoms with E-state index in [1.165, 1.54) is 19.4 Å². The molecule has 1 saturated heterocycles. The Hall–Kier alpha value is -3.86. The summed E-state index contributed by atoms with van der Waals surface area (Å²) in [4.78, 5) is 36.2. The number of phenols is 1. The molecule has 2 amide bonds. The van der Waals surface area contributed by atoms with E-state index < -0.39 is 11.2 Å². The van der Waals surface area contributed by atoms with E-state index in [1.54, 1.807) is 43.3 Å². The average molecular weight is 471 g/mol. The summed E-state index contributed by atoms with van der Waals surface area (Å²) < 4.78 is 9.95. The maximum Gasteiger partial charge on any atom is 0.338 e. The summed E-state index contributed by atoms with van der Waals surface area (Å²) in [6, 6.07) is 11.0. The number of ether oxygens (including phenoxy) is 2. The molecule has 0 aliphatic carbocycles. The van der Waals surface area contributed by atoms with Gasteiger partial charge in [0.15, 0.2) is 16.7 Å². The standard InChI is InChI=1S/C22H22N4O6S/c1-3-32-21(30)14-5-7-15(8-6-14)24-19(28)11-18-20(29)25-22(33-18)26-23-12-13-4-9-16(27)17(10-13)31-2/h4-10,12,18,27H,3,11H2,1-2H3,(H,24,28)(H,25,26,29)/t18-/m0/s1. The molecule has 3 N–H and O–H groups in total. The summed E-state index contributed by atoms with van der Waals surface area (Å²) in [6.45, 7) is 2.00. The molecule has 0 saturated carbocycles. The third-order valence-electron chi connectivity index (χ3n) is 4.39. The maximum absolute atomic E-state index is 12.3. The van der Waals surface area contributed by atoms with Crippen LogP contribution in [0.3, 0.4) is 0 Å². The van der Waals surface area contributed by atoms with Crippen molar-refractivity contribution < 1.29 is 29.0 Å². The number of carbonyl (C=O) groups excluding carboxylic acids is 3. The van der Waals surface area contributed by atoms with Crippen molar-refractivity contribution in [3.8, 4) is 11.5 Å². The van der Waals surface area contributed by atoms with Crippen LogP contribution in [0.4, 0.5) is 5.69 Å². The van der Waals surface area contributed by atoms with Gasteiger partial charge >= 0.3 is 5.97 Å². The van der Waals surface area contributed by atoms with Crippen molar-refractivity contribution in [2.75, 3.05) is 19.0 Å². The van der Waals surface area contributed by atoms with Crippen molar-refractivity contribution in [2.24, 2.45) is 10.2 Å². The molecule has 2 aromatic carbocycles. The Morgan fingerprint density at radius 1 is 1.24 bits per heavy atom. The first-order valence-electron chi connectivity index (χ1n) is 9.92. The minimum absolute atomic E-state index is 0.00985. The van der Waals surface area contributed by atoms with E-state index in [0.717, 1.165) is 11.8 Å². The Kier molecular flexibility index (Phi) is 8.03. The third kappa shape index (κ3) is 6.56. The molecule has 0 bridgehead atoms. The number of nitrogens with one attached hydrogen (secondary N) is 2. The van der Waals surface area contributed by atoms with Crippen LogP contribution in [-0.4, -0.2) is 53.2 Å². The number of anilines is 1. The number of methoxy groups -OCH3 is 1. The second kappa shape index (κ2) is 11.1.